The first kappa shape index (κ1) is 13.3. The minimum absolute atomic E-state index is 0.0399. The van der Waals surface area contributed by atoms with E-state index in [2.05, 4.69) is 20.9 Å². The Hall–Kier alpha value is -1.72. The van der Waals surface area contributed by atoms with Gasteiger partial charge in [0.25, 0.3) is 0 Å². The fraction of sp³-hybridized carbons (Fsp3) is 0.0667. The molecule has 1 aromatic carbocycles. The number of carbonyl (C=O) groups excluding carboxylic acids is 1. The molecule has 0 N–H and O–H groups in total. The van der Waals surface area contributed by atoms with E-state index in [1.807, 2.05) is 47.0 Å². The summed E-state index contributed by atoms with van der Waals surface area (Å²) in [7, 11) is 0. The summed E-state index contributed by atoms with van der Waals surface area (Å²) < 4.78 is 2.91. The van der Waals surface area contributed by atoms with Crippen molar-refractivity contribution >= 4 is 44.1 Å². The average Bonchev–Trinajstić information content (AvgIpc) is 3.01. The van der Waals surface area contributed by atoms with Crippen LogP contribution in [0.15, 0.2) is 46.4 Å². The smallest absolute Gasteiger partial charge is 0.204 e. The summed E-state index contributed by atoms with van der Waals surface area (Å²) in [6.07, 6.45) is 5.03. The fourth-order valence-electron chi connectivity index (χ4n) is 1.95. The van der Waals surface area contributed by atoms with E-state index in [0.717, 1.165) is 20.7 Å². The predicted octanol–water partition coefficient (Wildman–Crippen LogP) is 4.36. The van der Waals surface area contributed by atoms with Crippen LogP contribution in [-0.2, 0) is 0 Å². The van der Waals surface area contributed by atoms with Crippen molar-refractivity contribution < 1.29 is 4.79 Å². The van der Waals surface area contributed by atoms with Gasteiger partial charge in [0, 0.05) is 15.5 Å². The highest BCUT2D eigenvalue weighted by Gasteiger charge is 2.12. The third kappa shape index (κ3) is 2.46. The normalized spacial score (nSPS) is 11.5. The van der Waals surface area contributed by atoms with Crippen LogP contribution in [0.1, 0.15) is 21.7 Å². The number of fused-ring (bicyclic) bond motifs is 1. The van der Waals surface area contributed by atoms with E-state index in [4.69, 9.17) is 0 Å². The summed E-state index contributed by atoms with van der Waals surface area (Å²) in [6, 6.07) is 7.81. The van der Waals surface area contributed by atoms with Crippen LogP contribution in [-0.4, -0.2) is 15.2 Å². The molecule has 0 unspecified atom stereocenters. The van der Waals surface area contributed by atoms with Crippen LogP contribution < -0.4 is 0 Å². The fourth-order valence-corrected chi connectivity index (χ4v) is 3.06. The molecule has 3 aromatic rings. The van der Waals surface area contributed by atoms with E-state index < -0.39 is 0 Å². The molecule has 100 valence electrons. The zero-order valence-corrected chi connectivity index (χ0v) is 13.1. The number of nitrogens with zero attached hydrogens (tertiary/aromatic N) is 2. The molecule has 0 aliphatic heterocycles. The number of allylic oxidation sites excluding steroid dienone is 1. The van der Waals surface area contributed by atoms with Crippen molar-refractivity contribution in [2.75, 3.05) is 0 Å². The van der Waals surface area contributed by atoms with Crippen LogP contribution >= 0.6 is 27.3 Å². The number of benzene rings is 1. The Morgan fingerprint density at radius 3 is 2.85 bits per heavy atom. The molecule has 0 saturated carbocycles. The van der Waals surface area contributed by atoms with Crippen LogP contribution in [0.25, 0.3) is 11.0 Å². The monoisotopic (exact) mass is 346 g/mol. The number of aromatic nitrogens is 2. The van der Waals surface area contributed by atoms with E-state index in [1.165, 1.54) is 11.3 Å². The molecule has 2 aromatic heterocycles. The van der Waals surface area contributed by atoms with Crippen LogP contribution in [0, 0.1) is 6.92 Å². The van der Waals surface area contributed by atoms with Gasteiger partial charge in [-0.2, -0.15) is 0 Å². The van der Waals surface area contributed by atoms with Gasteiger partial charge in [-0.05, 0) is 30.7 Å². The molecule has 0 amide bonds. The minimum atomic E-state index is -0.0399. The Morgan fingerprint density at radius 1 is 1.35 bits per heavy atom. The summed E-state index contributed by atoms with van der Waals surface area (Å²) in [5.74, 6) is -0.0399. The molecular formula is C15H11BrN2OS. The maximum absolute atomic E-state index is 12.3. The third-order valence-corrected chi connectivity index (χ3v) is 4.45. The molecule has 20 heavy (non-hydrogen) atoms. The second-order valence-corrected chi connectivity index (χ2v) is 6.14. The molecule has 0 aliphatic rings. The number of aryl methyl sites for hydroxylation is 1. The first-order valence-electron chi connectivity index (χ1n) is 6.04. The highest BCUT2D eigenvalue weighted by Crippen LogP contribution is 2.18. The Bertz CT molecular complexity index is 799. The summed E-state index contributed by atoms with van der Waals surface area (Å²) in [6.45, 7) is 1.97. The van der Waals surface area contributed by atoms with Crippen LogP contribution in [0.2, 0.25) is 0 Å². The molecule has 0 bridgehead atoms. The SMILES string of the molecule is Cc1csc2ncc(C(=O)C=Cc3ccc(Br)cc3)n12. The second-order valence-electron chi connectivity index (χ2n) is 4.39. The molecular weight excluding hydrogens is 336 g/mol. The average molecular weight is 347 g/mol. The minimum Gasteiger partial charge on any atom is -0.288 e. The summed E-state index contributed by atoms with van der Waals surface area (Å²) in [5.41, 5.74) is 2.62. The van der Waals surface area contributed by atoms with Crippen molar-refractivity contribution in [3.05, 3.63) is 63.3 Å². The molecule has 0 spiro atoms. The Morgan fingerprint density at radius 2 is 2.10 bits per heavy atom. The van der Waals surface area contributed by atoms with E-state index in [1.54, 1.807) is 12.3 Å². The number of ketones is 1. The van der Waals surface area contributed by atoms with Gasteiger partial charge >= 0.3 is 0 Å². The van der Waals surface area contributed by atoms with Gasteiger partial charge in [-0.3, -0.25) is 9.20 Å². The predicted molar refractivity (Wildman–Crippen MR) is 85.3 cm³/mol. The topological polar surface area (TPSA) is 34.4 Å². The first-order valence-corrected chi connectivity index (χ1v) is 7.72. The molecule has 0 saturated heterocycles. The van der Waals surface area contributed by atoms with E-state index in [0.29, 0.717) is 5.69 Å². The Balaban J connectivity index is 1.89. The molecule has 0 atom stereocenters. The maximum atomic E-state index is 12.3. The van der Waals surface area contributed by atoms with Gasteiger partial charge in [-0.1, -0.05) is 34.1 Å². The third-order valence-electron chi connectivity index (χ3n) is 2.97. The number of hydrogen-bond acceptors (Lipinski definition) is 3. The molecule has 0 radical (unpaired) electrons. The standard InChI is InChI=1S/C15H11BrN2OS/c1-10-9-20-15-17-8-13(18(10)15)14(19)7-4-11-2-5-12(16)6-3-11/h2-9H,1H3. The highest BCUT2D eigenvalue weighted by molar-refractivity contribution is 9.10. The zero-order valence-electron chi connectivity index (χ0n) is 10.7. The lowest BCUT2D eigenvalue weighted by molar-refractivity contribution is 0.104. The van der Waals surface area contributed by atoms with Gasteiger partial charge in [-0.25, -0.2) is 4.98 Å². The van der Waals surface area contributed by atoms with Crippen molar-refractivity contribution in [1.29, 1.82) is 0 Å². The summed E-state index contributed by atoms with van der Waals surface area (Å²) >= 11 is 4.92. The molecule has 0 aliphatic carbocycles. The number of thiazole rings is 1. The van der Waals surface area contributed by atoms with Gasteiger partial charge in [0.15, 0.2) is 4.96 Å². The lowest BCUT2D eigenvalue weighted by atomic mass is 10.2. The quantitative estimate of drug-likeness (QED) is 0.521. The lowest BCUT2D eigenvalue weighted by Crippen LogP contribution is -2.00. The lowest BCUT2D eigenvalue weighted by Gasteiger charge is -1.96. The number of halogens is 1. The Kier molecular flexibility index (Phi) is 3.54. The van der Waals surface area contributed by atoms with Crippen LogP contribution in [0.4, 0.5) is 0 Å². The Labute approximate surface area is 128 Å². The number of rotatable bonds is 3. The molecule has 3 rings (SSSR count). The largest absolute Gasteiger partial charge is 0.288 e. The highest BCUT2D eigenvalue weighted by atomic mass is 79.9. The second kappa shape index (κ2) is 5.34. The summed E-state index contributed by atoms with van der Waals surface area (Å²) in [5, 5.41) is 2.00. The number of carbonyl (C=O) groups is 1. The van der Waals surface area contributed by atoms with Gasteiger partial charge in [0.1, 0.15) is 5.69 Å². The van der Waals surface area contributed by atoms with Crippen molar-refractivity contribution in [1.82, 2.24) is 9.38 Å². The van der Waals surface area contributed by atoms with Crippen molar-refractivity contribution in [2.24, 2.45) is 0 Å². The van der Waals surface area contributed by atoms with Crippen LogP contribution in [0.3, 0.4) is 0 Å². The van der Waals surface area contributed by atoms with E-state index in [-0.39, 0.29) is 5.78 Å². The van der Waals surface area contributed by atoms with Crippen molar-refractivity contribution in [3.8, 4) is 0 Å². The number of hydrogen-bond donors (Lipinski definition) is 0. The zero-order chi connectivity index (χ0) is 14.1. The van der Waals surface area contributed by atoms with E-state index in [9.17, 15) is 4.79 Å². The van der Waals surface area contributed by atoms with E-state index >= 15 is 0 Å². The van der Waals surface area contributed by atoms with Gasteiger partial charge in [-0.15, -0.1) is 11.3 Å². The molecule has 0 fully saturated rings. The van der Waals surface area contributed by atoms with Crippen molar-refractivity contribution in [3.63, 3.8) is 0 Å². The summed E-state index contributed by atoms with van der Waals surface area (Å²) in [4.78, 5) is 17.4. The first-order chi connectivity index (χ1) is 9.65. The van der Waals surface area contributed by atoms with Crippen LogP contribution in [0.5, 0.6) is 0 Å². The van der Waals surface area contributed by atoms with Gasteiger partial charge < -0.3 is 0 Å². The van der Waals surface area contributed by atoms with Gasteiger partial charge in [0.05, 0.1) is 6.20 Å². The molecule has 2 heterocycles. The maximum Gasteiger partial charge on any atom is 0.204 e. The molecule has 5 heteroatoms. The number of imidazole rings is 1. The van der Waals surface area contributed by atoms with Gasteiger partial charge in [0.2, 0.25) is 5.78 Å². The molecule has 3 nitrogen and oxygen atoms in total. The van der Waals surface area contributed by atoms with Crippen molar-refractivity contribution in [2.45, 2.75) is 6.92 Å².